The molecular weight excluding hydrogens is 255 g/mol. The number of aryl methyl sites for hydroxylation is 1. The minimum absolute atomic E-state index is 0.0852. The van der Waals surface area contributed by atoms with Crippen molar-refractivity contribution in [1.82, 2.24) is 9.62 Å². The number of rotatable bonds is 2. The summed E-state index contributed by atoms with van der Waals surface area (Å²) in [7, 11) is -3.72. The van der Waals surface area contributed by atoms with Gasteiger partial charge < -0.3 is 5.32 Å². The molecule has 0 aromatic heterocycles. The Morgan fingerprint density at radius 3 is 2.78 bits per heavy atom. The van der Waals surface area contributed by atoms with E-state index < -0.39 is 15.8 Å². The summed E-state index contributed by atoms with van der Waals surface area (Å²) >= 11 is 0. The third-order valence-electron chi connectivity index (χ3n) is 3.04. The van der Waals surface area contributed by atoms with Crippen molar-refractivity contribution in [3.05, 3.63) is 29.6 Å². The van der Waals surface area contributed by atoms with Crippen LogP contribution in [0.4, 0.5) is 4.39 Å². The molecule has 1 aliphatic heterocycles. The van der Waals surface area contributed by atoms with E-state index in [1.54, 1.807) is 13.0 Å². The Labute approximate surface area is 107 Å². The molecule has 1 aromatic rings. The number of halogens is 1. The fourth-order valence-electron chi connectivity index (χ4n) is 2.07. The molecule has 2 rings (SSSR count). The zero-order valence-corrected chi connectivity index (χ0v) is 11.3. The Bertz CT molecular complexity index is 545. The molecule has 0 spiro atoms. The van der Waals surface area contributed by atoms with Crippen molar-refractivity contribution >= 4 is 10.0 Å². The number of benzene rings is 1. The van der Waals surface area contributed by atoms with Gasteiger partial charge in [-0.05, 0) is 31.5 Å². The number of hydrogen-bond donors (Lipinski definition) is 1. The molecule has 1 aliphatic rings. The number of hydrogen-bond acceptors (Lipinski definition) is 3. The number of nitrogens with zero attached hydrogens (tertiary/aromatic N) is 1. The lowest BCUT2D eigenvalue weighted by molar-refractivity contribution is 0.309. The lowest BCUT2D eigenvalue weighted by Crippen LogP contribution is -2.51. The molecule has 0 amide bonds. The minimum Gasteiger partial charge on any atom is -0.312 e. The molecule has 1 saturated heterocycles. The molecular formula is C12H17FN2O2S. The smallest absolute Gasteiger partial charge is 0.246 e. The van der Waals surface area contributed by atoms with Crippen LogP contribution in [-0.2, 0) is 10.0 Å². The highest BCUT2D eigenvalue weighted by molar-refractivity contribution is 7.89. The zero-order chi connectivity index (χ0) is 13.3. The van der Waals surface area contributed by atoms with Crippen molar-refractivity contribution in [2.75, 3.05) is 19.6 Å². The van der Waals surface area contributed by atoms with Crippen molar-refractivity contribution in [2.45, 2.75) is 24.8 Å². The van der Waals surface area contributed by atoms with Crippen molar-refractivity contribution in [2.24, 2.45) is 0 Å². The molecule has 100 valence electrons. The molecule has 0 radical (unpaired) electrons. The third-order valence-corrected chi connectivity index (χ3v) is 4.94. The summed E-state index contributed by atoms with van der Waals surface area (Å²) in [6.45, 7) is 4.98. The summed E-state index contributed by atoms with van der Waals surface area (Å²) in [5, 5.41) is 3.16. The summed E-state index contributed by atoms with van der Waals surface area (Å²) in [5.74, 6) is -0.679. The molecule has 0 aliphatic carbocycles. The first-order valence-corrected chi connectivity index (χ1v) is 7.35. The maximum Gasteiger partial charge on any atom is 0.246 e. The van der Waals surface area contributed by atoms with Crippen LogP contribution in [0.3, 0.4) is 0 Å². The van der Waals surface area contributed by atoms with Crippen LogP contribution in [-0.4, -0.2) is 38.4 Å². The van der Waals surface area contributed by atoms with E-state index in [-0.39, 0.29) is 10.9 Å². The average molecular weight is 272 g/mol. The molecule has 1 unspecified atom stereocenters. The van der Waals surface area contributed by atoms with Crippen molar-refractivity contribution in [3.8, 4) is 0 Å². The predicted molar refractivity (Wildman–Crippen MR) is 67.4 cm³/mol. The highest BCUT2D eigenvalue weighted by Gasteiger charge is 2.30. The van der Waals surface area contributed by atoms with Gasteiger partial charge in [0, 0.05) is 25.7 Å². The molecule has 1 aromatic carbocycles. The maximum atomic E-state index is 13.8. The highest BCUT2D eigenvalue weighted by atomic mass is 32.2. The maximum absolute atomic E-state index is 13.8. The largest absolute Gasteiger partial charge is 0.312 e. The molecule has 1 fully saturated rings. The second kappa shape index (κ2) is 4.95. The minimum atomic E-state index is -3.72. The number of nitrogens with one attached hydrogen (secondary N) is 1. The van der Waals surface area contributed by atoms with Gasteiger partial charge in [-0.25, -0.2) is 12.8 Å². The van der Waals surface area contributed by atoms with E-state index in [4.69, 9.17) is 0 Å². The summed E-state index contributed by atoms with van der Waals surface area (Å²) in [6, 6.07) is 4.29. The van der Waals surface area contributed by atoms with Crippen LogP contribution in [0, 0.1) is 12.7 Å². The van der Waals surface area contributed by atoms with Gasteiger partial charge in [0.25, 0.3) is 0 Å². The molecule has 4 nitrogen and oxygen atoms in total. The molecule has 1 atom stereocenters. The Morgan fingerprint density at radius 2 is 2.17 bits per heavy atom. The third kappa shape index (κ3) is 2.55. The number of piperazine rings is 1. The first kappa shape index (κ1) is 13.5. The van der Waals surface area contributed by atoms with E-state index in [9.17, 15) is 12.8 Å². The van der Waals surface area contributed by atoms with Crippen molar-refractivity contribution < 1.29 is 12.8 Å². The quantitative estimate of drug-likeness (QED) is 0.877. The summed E-state index contributed by atoms with van der Waals surface area (Å²) < 4.78 is 39.8. The van der Waals surface area contributed by atoms with Crippen molar-refractivity contribution in [3.63, 3.8) is 0 Å². The Kier molecular flexibility index (Phi) is 3.70. The van der Waals surface area contributed by atoms with Gasteiger partial charge in [-0.1, -0.05) is 6.07 Å². The SMILES string of the molecule is Cc1ccc(S(=O)(=O)N2CCNC(C)C2)c(F)c1. The Hall–Kier alpha value is -0.980. The molecule has 6 heteroatoms. The Morgan fingerprint density at radius 1 is 1.44 bits per heavy atom. The van der Waals surface area contributed by atoms with E-state index in [2.05, 4.69) is 5.32 Å². The lowest BCUT2D eigenvalue weighted by Gasteiger charge is -2.31. The summed E-state index contributed by atoms with van der Waals surface area (Å²) in [4.78, 5) is -0.234. The first-order chi connectivity index (χ1) is 8.41. The van der Waals surface area contributed by atoms with Crippen molar-refractivity contribution in [1.29, 1.82) is 0 Å². The fourth-order valence-corrected chi connectivity index (χ4v) is 3.64. The standard InChI is InChI=1S/C12H17FN2O2S/c1-9-3-4-12(11(13)7-9)18(16,17)15-6-5-14-10(2)8-15/h3-4,7,10,14H,5-6,8H2,1-2H3. The Balaban J connectivity index is 2.35. The van der Waals surface area contributed by atoms with E-state index >= 15 is 0 Å². The van der Waals surface area contributed by atoms with Gasteiger partial charge in [0.2, 0.25) is 10.0 Å². The van der Waals surface area contributed by atoms with Crippen LogP contribution in [0.5, 0.6) is 0 Å². The predicted octanol–water partition coefficient (Wildman–Crippen LogP) is 1.12. The normalized spacial score (nSPS) is 22.1. The van der Waals surface area contributed by atoms with E-state index in [0.717, 1.165) is 0 Å². The summed E-state index contributed by atoms with van der Waals surface area (Å²) in [5.41, 5.74) is 0.708. The van der Waals surface area contributed by atoms with Crippen LogP contribution in [0.15, 0.2) is 23.1 Å². The molecule has 1 heterocycles. The van der Waals surface area contributed by atoms with Gasteiger partial charge in [0.05, 0.1) is 0 Å². The second-order valence-electron chi connectivity index (χ2n) is 4.65. The zero-order valence-electron chi connectivity index (χ0n) is 10.5. The van der Waals surface area contributed by atoms with Crippen LogP contribution in [0.25, 0.3) is 0 Å². The van der Waals surface area contributed by atoms with Crippen LogP contribution in [0.2, 0.25) is 0 Å². The van der Waals surface area contributed by atoms with Crippen LogP contribution in [0.1, 0.15) is 12.5 Å². The van der Waals surface area contributed by atoms with E-state index in [1.807, 2.05) is 6.92 Å². The highest BCUT2D eigenvalue weighted by Crippen LogP contribution is 2.21. The van der Waals surface area contributed by atoms with Gasteiger partial charge in [0.1, 0.15) is 10.7 Å². The van der Waals surface area contributed by atoms with Gasteiger partial charge >= 0.3 is 0 Å². The van der Waals surface area contributed by atoms with Gasteiger partial charge in [-0.3, -0.25) is 0 Å². The molecule has 1 N–H and O–H groups in total. The second-order valence-corrected chi connectivity index (χ2v) is 6.56. The van der Waals surface area contributed by atoms with Crippen LogP contribution >= 0.6 is 0 Å². The molecule has 18 heavy (non-hydrogen) atoms. The summed E-state index contributed by atoms with van der Waals surface area (Å²) in [6.07, 6.45) is 0. The van der Waals surface area contributed by atoms with Gasteiger partial charge in [-0.15, -0.1) is 0 Å². The van der Waals surface area contributed by atoms with E-state index in [1.165, 1.54) is 16.4 Å². The fraction of sp³-hybridized carbons (Fsp3) is 0.500. The van der Waals surface area contributed by atoms with Crippen LogP contribution < -0.4 is 5.32 Å². The monoisotopic (exact) mass is 272 g/mol. The number of sulfonamides is 1. The first-order valence-electron chi connectivity index (χ1n) is 5.91. The van der Waals surface area contributed by atoms with Gasteiger partial charge in [-0.2, -0.15) is 4.31 Å². The lowest BCUT2D eigenvalue weighted by atomic mass is 10.2. The molecule has 0 bridgehead atoms. The average Bonchev–Trinajstić information content (AvgIpc) is 2.28. The van der Waals surface area contributed by atoms with E-state index in [0.29, 0.717) is 25.2 Å². The topological polar surface area (TPSA) is 49.4 Å². The van der Waals surface area contributed by atoms with Gasteiger partial charge in [0.15, 0.2) is 0 Å². The molecule has 0 saturated carbocycles.